The van der Waals surface area contributed by atoms with Crippen molar-refractivity contribution < 1.29 is 9.53 Å². The zero-order chi connectivity index (χ0) is 11.7. The lowest BCUT2D eigenvalue weighted by Gasteiger charge is -2.25. The molecule has 1 atom stereocenters. The summed E-state index contributed by atoms with van der Waals surface area (Å²) in [6.45, 7) is 7.51. The minimum atomic E-state index is -0.0843. The normalized spacial score (nSPS) is 12.9. The summed E-state index contributed by atoms with van der Waals surface area (Å²) >= 11 is 0. The Kier molecular flexibility index (Phi) is 8.38. The molecule has 0 aliphatic heterocycles. The minimum absolute atomic E-state index is 0.0678. The second-order valence-corrected chi connectivity index (χ2v) is 3.86. The van der Waals surface area contributed by atoms with Gasteiger partial charge >= 0.3 is 5.97 Å². The van der Waals surface area contributed by atoms with Crippen molar-refractivity contribution in [3.8, 4) is 0 Å². The highest BCUT2D eigenvalue weighted by atomic mass is 16.5. The van der Waals surface area contributed by atoms with Crippen molar-refractivity contribution in [3.63, 3.8) is 0 Å². The molecule has 0 amide bonds. The Hall–Kier alpha value is -0.570. The van der Waals surface area contributed by atoms with E-state index < -0.39 is 0 Å². The van der Waals surface area contributed by atoms with Gasteiger partial charge in [0.2, 0.25) is 0 Å². The summed E-state index contributed by atoms with van der Waals surface area (Å²) in [5.74, 6) is -0.0843. The van der Waals surface area contributed by atoms with Crippen molar-refractivity contribution in [3.05, 3.63) is 0 Å². The van der Waals surface area contributed by atoms with Gasteiger partial charge in [0.1, 0.15) is 6.04 Å². The van der Waals surface area contributed by atoms with Crippen molar-refractivity contribution in [2.45, 2.75) is 52.5 Å². The summed E-state index contributed by atoms with van der Waals surface area (Å²) in [5, 5.41) is 0. The summed E-state index contributed by atoms with van der Waals surface area (Å²) in [5.41, 5.74) is 0. The number of hydrogen-bond donors (Lipinski definition) is 0. The predicted octanol–water partition coefficient (Wildman–Crippen LogP) is 2.45. The topological polar surface area (TPSA) is 29.5 Å². The molecule has 0 aromatic carbocycles. The fraction of sp³-hybridized carbons (Fsp3) is 0.917. The van der Waals surface area contributed by atoms with Crippen LogP contribution >= 0.6 is 0 Å². The van der Waals surface area contributed by atoms with Gasteiger partial charge in [0.25, 0.3) is 0 Å². The second-order valence-electron chi connectivity index (χ2n) is 3.86. The first-order chi connectivity index (χ1) is 7.17. The van der Waals surface area contributed by atoms with E-state index in [-0.39, 0.29) is 12.0 Å². The molecule has 0 rings (SSSR count). The number of rotatable bonds is 8. The number of unbranched alkanes of at least 4 members (excludes halogenated alkanes) is 2. The highest BCUT2D eigenvalue weighted by molar-refractivity contribution is 5.75. The molecule has 0 bridgehead atoms. The van der Waals surface area contributed by atoms with Gasteiger partial charge in [-0.25, -0.2) is 0 Å². The van der Waals surface area contributed by atoms with E-state index in [1.165, 1.54) is 12.8 Å². The average Bonchev–Trinajstić information content (AvgIpc) is 2.19. The first-order valence-electron chi connectivity index (χ1n) is 6.04. The number of ether oxygens (including phenoxy) is 1. The molecule has 15 heavy (non-hydrogen) atoms. The van der Waals surface area contributed by atoms with Gasteiger partial charge in [-0.3, -0.25) is 9.69 Å². The van der Waals surface area contributed by atoms with Gasteiger partial charge in [-0.15, -0.1) is 0 Å². The van der Waals surface area contributed by atoms with Gasteiger partial charge in [-0.1, -0.05) is 26.7 Å². The Morgan fingerprint density at radius 2 is 1.93 bits per heavy atom. The second kappa shape index (κ2) is 8.72. The van der Waals surface area contributed by atoms with Crippen LogP contribution in [0, 0.1) is 0 Å². The van der Waals surface area contributed by atoms with Crippen LogP contribution in [-0.4, -0.2) is 37.1 Å². The molecule has 3 nitrogen and oxygen atoms in total. The van der Waals surface area contributed by atoms with Crippen molar-refractivity contribution in [1.82, 2.24) is 4.90 Å². The lowest BCUT2D eigenvalue weighted by Crippen LogP contribution is -2.39. The smallest absolute Gasteiger partial charge is 0.323 e. The lowest BCUT2D eigenvalue weighted by molar-refractivity contribution is -0.149. The van der Waals surface area contributed by atoms with E-state index in [1.54, 1.807) is 0 Å². The third-order valence-corrected chi connectivity index (χ3v) is 2.59. The van der Waals surface area contributed by atoms with Gasteiger partial charge in [0.15, 0.2) is 0 Å². The van der Waals surface area contributed by atoms with Crippen LogP contribution in [0.5, 0.6) is 0 Å². The summed E-state index contributed by atoms with van der Waals surface area (Å²) < 4.78 is 5.04. The molecule has 1 unspecified atom stereocenters. The molecule has 90 valence electrons. The van der Waals surface area contributed by atoms with Gasteiger partial charge in [-0.05, 0) is 33.4 Å². The zero-order valence-electron chi connectivity index (χ0n) is 10.6. The molecule has 3 heteroatoms. The van der Waals surface area contributed by atoms with Crippen molar-refractivity contribution in [2.24, 2.45) is 0 Å². The monoisotopic (exact) mass is 215 g/mol. The predicted molar refractivity (Wildman–Crippen MR) is 62.9 cm³/mol. The number of carbonyl (C=O) groups excluding carboxylic acids is 1. The van der Waals surface area contributed by atoms with Crippen LogP contribution in [0.15, 0.2) is 0 Å². The number of carbonyl (C=O) groups is 1. The molecule has 0 aliphatic carbocycles. The highest BCUT2D eigenvalue weighted by Crippen LogP contribution is 2.06. The van der Waals surface area contributed by atoms with Crippen molar-refractivity contribution in [2.75, 3.05) is 20.2 Å². The highest BCUT2D eigenvalue weighted by Gasteiger charge is 2.21. The molecule has 0 aliphatic rings. The van der Waals surface area contributed by atoms with E-state index >= 15 is 0 Å². The number of nitrogens with zero attached hydrogens (tertiary/aromatic N) is 1. The summed E-state index contributed by atoms with van der Waals surface area (Å²) in [6.07, 6.45) is 4.41. The van der Waals surface area contributed by atoms with Gasteiger partial charge in [0, 0.05) is 0 Å². The first kappa shape index (κ1) is 14.4. The molecule has 0 fully saturated rings. The maximum atomic E-state index is 11.6. The zero-order valence-corrected chi connectivity index (χ0v) is 10.6. The summed E-state index contributed by atoms with van der Waals surface area (Å²) in [6, 6.07) is -0.0678. The average molecular weight is 215 g/mol. The molecule has 0 N–H and O–H groups in total. The lowest BCUT2D eigenvalue weighted by atomic mass is 10.1. The van der Waals surface area contributed by atoms with Gasteiger partial charge < -0.3 is 4.74 Å². The SMILES string of the molecule is CCCCCN(C)C(CC)C(=O)OCC. The number of likely N-dealkylation sites (N-methyl/N-ethyl adjacent to an activating group) is 1. The number of esters is 1. The maximum absolute atomic E-state index is 11.6. The molecule has 0 saturated heterocycles. The standard InChI is InChI=1S/C12H25NO2/c1-5-8-9-10-13(4)11(6-2)12(14)15-7-3/h11H,5-10H2,1-4H3. The Labute approximate surface area is 93.8 Å². The van der Waals surface area contributed by atoms with Gasteiger partial charge in [0.05, 0.1) is 6.61 Å². The van der Waals surface area contributed by atoms with Crippen LogP contribution < -0.4 is 0 Å². The van der Waals surface area contributed by atoms with Crippen LogP contribution in [0.3, 0.4) is 0 Å². The quantitative estimate of drug-likeness (QED) is 0.460. The molecule has 0 aromatic heterocycles. The minimum Gasteiger partial charge on any atom is -0.465 e. The first-order valence-corrected chi connectivity index (χ1v) is 6.04. The molecular weight excluding hydrogens is 190 g/mol. The van der Waals surface area contributed by atoms with Crippen molar-refractivity contribution in [1.29, 1.82) is 0 Å². The molecule has 0 spiro atoms. The Bertz CT molecular complexity index is 171. The Balaban J connectivity index is 3.97. The maximum Gasteiger partial charge on any atom is 0.323 e. The van der Waals surface area contributed by atoms with E-state index in [9.17, 15) is 4.79 Å². The largest absolute Gasteiger partial charge is 0.465 e. The van der Waals surface area contributed by atoms with Crippen molar-refractivity contribution >= 4 is 5.97 Å². The van der Waals surface area contributed by atoms with Crippen LogP contribution in [0.2, 0.25) is 0 Å². The molecule has 0 radical (unpaired) electrons. The van der Waals surface area contributed by atoms with E-state index in [0.717, 1.165) is 19.4 Å². The van der Waals surface area contributed by atoms with Crippen LogP contribution in [0.25, 0.3) is 0 Å². The van der Waals surface area contributed by atoms with Crippen LogP contribution in [-0.2, 0) is 9.53 Å². The van der Waals surface area contributed by atoms with Crippen LogP contribution in [0.4, 0.5) is 0 Å². The number of hydrogen-bond acceptors (Lipinski definition) is 3. The fourth-order valence-electron chi connectivity index (χ4n) is 1.66. The molecule has 0 saturated carbocycles. The molecule has 0 aromatic rings. The third-order valence-electron chi connectivity index (χ3n) is 2.59. The summed E-state index contributed by atoms with van der Waals surface area (Å²) in [7, 11) is 2.00. The van der Waals surface area contributed by atoms with E-state index in [0.29, 0.717) is 6.61 Å². The fourth-order valence-corrected chi connectivity index (χ4v) is 1.66. The Morgan fingerprint density at radius 1 is 1.27 bits per heavy atom. The molecule has 0 heterocycles. The van der Waals surface area contributed by atoms with E-state index in [4.69, 9.17) is 4.74 Å². The Morgan fingerprint density at radius 3 is 2.40 bits per heavy atom. The van der Waals surface area contributed by atoms with Crippen LogP contribution in [0.1, 0.15) is 46.5 Å². The van der Waals surface area contributed by atoms with E-state index in [2.05, 4.69) is 11.8 Å². The molecular formula is C12H25NO2. The van der Waals surface area contributed by atoms with Gasteiger partial charge in [-0.2, -0.15) is 0 Å². The van der Waals surface area contributed by atoms with E-state index in [1.807, 2.05) is 20.9 Å². The third kappa shape index (κ3) is 5.78. The summed E-state index contributed by atoms with van der Waals surface area (Å²) in [4.78, 5) is 13.7.